The van der Waals surface area contributed by atoms with Crippen molar-refractivity contribution < 1.29 is 18.2 Å². The van der Waals surface area contributed by atoms with Crippen molar-refractivity contribution in [3.05, 3.63) is 53.1 Å². The van der Waals surface area contributed by atoms with Gasteiger partial charge in [0.1, 0.15) is 11.8 Å². The van der Waals surface area contributed by atoms with Crippen LogP contribution in [0.3, 0.4) is 0 Å². The zero-order valence-corrected chi connectivity index (χ0v) is 27.5. The van der Waals surface area contributed by atoms with Crippen molar-refractivity contribution in [2.75, 3.05) is 38.8 Å². The van der Waals surface area contributed by atoms with Crippen LogP contribution in [0.2, 0.25) is 0 Å². The van der Waals surface area contributed by atoms with Gasteiger partial charge in [-0.2, -0.15) is 10.2 Å². The van der Waals surface area contributed by atoms with E-state index in [9.17, 15) is 10.1 Å². The minimum atomic E-state index is -1.23. The fourth-order valence-electron chi connectivity index (χ4n) is 4.65. The number of amides is 1. The van der Waals surface area contributed by atoms with Crippen molar-refractivity contribution in [3.63, 3.8) is 0 Å². The van der Waals surface area contributed by atoms with Gasteiger partial charge in [-0.05, 0) is 81.5 Å². The van der Waals surface area contributed by atoms with Crippen LogP contribution in [0.25, 0.3) is 22.8 Å². The Balaban J connectivity index is 1.35. The molecule has 2 aromatic carbocycles. The molecule has 1 aliphatic rings. The van der Waals surface area contributed by atoms with Gasteiger partial charge in [-0.3, -0.25) is 9.69 Å². The molecule has 0 bridgehead atoms. The topological polar surface area (TPSA) is 114 Å². The summed E-state index contributed by atoms with van der Waals surface area (Å²) in [6.07, 6.45) is 6.00. The standard InChI is InChI=1S/C33H45N5O4S/c1-22(2)41-29-12-11-27(18-28(29)19-34)32-36-31(37-42-32)26-10-9-24-13-15-38(16-14-25(24)17-26)20-30(39)35-23(3)21-40-43(7,8)33(4,5)6/h9-12,17-18,22-23H,13-16,20-21H2,1-8H3,(H,35,39). The van der Waals surface area contributed by atoms with E-state index in [1.807, 2.05) is 32.9 Å². The van der Waals surface area contributed by atoms with Gasteiger partial charge in [0.15, 0.2) is 0 Å². The number of fused-ring (bicyclic) bond motifs is 1. The Hall–Kier alpha value is -3.39. The third-order valence-corrected chi connectivity index (χ3v) is 11.5. The molecule has 2 heterocycles. The van der Waals surface area contributed by atoms with Gasteiger partial charge >= 0.3 is 0 Å². The third-order valence-electron chi connectivity index (χ3n) is 7.86. The lowest BCUT2D eigenvalue weighted by atomic mass is 10.00. The van der Waals surface area contributed by atoms with Gasteiger partial charge in [0.25, 0.3) is 5.89 Å². The summed E-state index contributed by atoms with van der Waals surface area (Å²) in [4.78, 5) is 19.7. The van der Waals surface area contributed by atoms with Gasteiger partial charge in [-0.25, -0.2) is 0 Å². The molecule has 0 radical (unpaired) electrons. The summed E-state index contributed by atoms with van der Waals surface area (Å²) >= 11 is 0. The number of aromatic nitrogens is 2. The van der Waals surface area contributed by atoms with E-state index in [2.05, 4.69) is 71.8 Å². The molecule has 0 saturated heterocycles. The molecule has 1 unspecified atom stereocenters. The molecule has 9 nitrogen and oxygen atoms in total. The summed E-state index contributed by atoms with van der Waals surface area (Å²) in [5.41, 5.74) is 4.44. The van der Waals surface area contributed by atoms with Crippen LogP contribution in [0.1, 0.15) is 58.2 Å². The number of ether oxygens (including phenoxy) is 1. The Morgan fingerprint density at radius 2 is 1.79 bits per heavy atom. The average Bonchev–Trinajstić information content (AvgIpc) is 3.35. The van der Waals surface area contributed by atoms with Gasteiger partial charge in [0, 0.05) is 29.0 Å². The normalized spacial score (nSPS) is 15.3. The lowest BCUT2D eigenvalue weighted by Crippen LogP contribution is -2.43. The third kappa shape index (κ3) is 8.37. The molecule has 4 rings (SSSR count). The second kappa shape index (κ2) is 13.5. The molecule has 0 aliphatic carbocycles. The fraction of sp³-hybridized carbons (Fsp3) is 0.515. The quantitative estimate of drug-likeness (QED) is 0.309. The number of carbonyl (C=O) groups is 1. The molecule has 1 atom stereocenters. The first-order valence-electron chi connectivity index (χ1n) is 14.8. The van der Waals surface area contributed by atoms with E-state index >= 15 is 0 Å². The number of hydrogen-bond acceptors (Lipinski definition) is 8. The average molecular weight is 608 g/mol. The number of benzene rings is 2. The van der Waals surface area contributed by atoms with Crippen LogP contribution in [0, 0.1) is 11.3 Å². The first-order chi connectivity index (χ1) is 20.3. The van der Waals surface area contributed by atoms with E-state index in [0.29, 0.717) is 41.7 Å². The van der Waals surface area contributed by atoms with Gasteiger partial charge in [-0.1, -0.05) is 38.1 Å². The molecule has 0 spiro atoms. The van der Waals surface area contributed by atoms with E-state index in [-0.39, 0.29) is 22.8 Å². The Morgan fingerprint density at radius 1 is 1.09 bits per heavy atom. The predicted octanol–water partition coefficient (Wildman–Crippen LogP) is 5.76. The van der Waals surface area contributed by atoms with E-state index in [1.54, 1.807) is 12.1 Å². The van der Waals surface area contributed by atoms with Gasteiger partial charge in [0.05, 0.1) is 30.9 Å². The van der Waals surface area contributed by atoms with E-state index in [0.717, 1.165) is 31.5 Å². The fourth-order valence-corrected chi connectivity index (χ4v) is 5.55. The molecular weight excluding hydrogens is 562 g/mol. The monoisotopic (exact) mass is 607 g/mol. The smallest absolute Gasteiger partial charge is 0.258 e. The first kappa shape index (κ1) is 32.5. The van der Waals surface area contributed by atoms with Crippen molar-refractivity contribution in [2.24, 2.45) is 0 Å². The number of nitriles is 1. The zero-order valence-electron chi connectivity index (χ0n) is 26.7. The van der Waals surface area contributed by atoms with E-state index in [4.69, 9.17) is 13.4 Å². The Labute approximate surface area is 257 Å². The molecule has 1 aromatic heterocycles. The molecule has 0 saturated carbocycles. The van der Waals surface area contributed by atoms with Crippen LogP contribution in [0.4, 0.5) is 0 Å². The largest absolute Gasteiger partial charge is 0.490 e. The van der Waals surface area contributed by atoms with Crippen LogP contribution in [0.15, 0.2) is 40.9 Å². The second-order valence-electron chi connectivity index (χ2n) is 12.8. The van der Waals surface area contributed by atoms with Crippen LogP contribution in [-0.2, 0) is 21.8 Å². The molecule has 232 valence electrons. The van der Waals surface area contributed by atoms with Crippen molar-refractivity contribution in [3.8, 4) is 34.7 Å². The number of hydrogen-bond donors (Lipinski definition) is 1. The van der Waals surface area contributed by atoms with Crippen molar-refractivity contribution >= 4 is 16.2 Å². The minimum absolute atomic E-state index is 0.0222. The van der Waals surface area contributed by atoms with E-state index < -0.39 is 10.3 Å². The molecule has 0 fully saturated rings. The Bertz CT molecular complexity index is 1470. The molecule has 10 heteroatoms. The van der Waals surface area contributed by atoms with Gasteiger partial charge in [-0.15, -0.1) is 10.3 Å². The molecule has 1 aliphatic heterocycles. The molecular formula is C33H45N5O4S. The SMILES string of the molecule is CC(COS(C)(C)C(C)(C)C)NC(=O)CN1CCc2ccc(-c3noc(-c4ccc(OC(C)C)c(C#N)c4)n3)cc2CC1. The maximum absolute atomic E-state index is 12.8. The van der Waals surface area contributed by atoms with Crippen molar-refractivity contribution in [1.82, 2.24) is 20.4 Å². The highest BCUT2D eigenvalue weighted by atomic mass is 32.3. The lowest BCUT2D eigenvalue weighted by Gasteiger charge is -2.44. The highest BCUT2D eigenvalue weighted by Crippen LogP contribution is 2.53. The zero-order chi connectivity index (χ0) is 31.4. The number of nitrogens with zero attached hydrogens (tertiary/aromatic N) is 4. The summed E-state index contributed by atoms with van der Waals surface area (Å²) in [6, 6.07) is 13.7. The van der Waals surface area contributed by atoms with Crippen molar-refractivity contribution in [1.29, 1.82) is 5.26 Å². The van der Waals surface area contributed by atoms with Gasteiger partial charge < -0.3 is 18.8 Å². The summed E-state index contributed by atoms with van der Waals surface area (Å²) in [7, 11) is -1.23. The molecule has 1 amide bonds. The van der Waals surface area contributed by atoms with Crippen LogP contribution in [0.5, 0.6) is 5.75 Å². The van der Waals surface area contributed by atoms with Crippen LogP contribution in [-0.4, -0.2) is 76.6 Å². The number of nitrogens with one attached hydrogen (secondary N) is 1. The predicted molar refractivity (Wildman–Crippen MR) is 172 cm³/mol. The van der Waals surface area contributed by atoms with E-state index in [1.165, 1.54) is 11.1 Å². The minimum Gasteiger partial charge on any atom is -0.490 e. The summed E-state index contributed by atoms with van der Waals surface area (Å²) in [5.74, 6) is 1.39. The highest BCUT2D eigenvalue weighted by molar-refractivity contribution is 8.29. The van der Waals surface area contributed by atoms with Gasteiger partial charge in [0.2, 0.25) is 11.7 Å². The number of rotatable bonds is 10. The highest BCUT2D eigenvalue weighted by Gasteiger charge is 2.29. The number of carbonyl (C=O) groups excluding carboxylic acids is 1. The first-order valence-corrected chi connectivity index (χ1v) is 17.2. The lowest BCUT2D eigenvalue weighted by molar-refractivity contribution is -0.123. The van der Waals surface area contributed by atoms with Crippen molar-refractivity contribution in [2.45, 2.75) is 71.3 Å². The maximum Gasteiger partial charge on any atom is 0.258 e. The second-order valence-corrected chi connectivity index (χ2v) is 16.7. The molecule has 1 N–H and O–H groups in total. The molecule has 3 aromatic rings. The summed E-state index contributed by atoms with van der Waals surface area (Å²) in [6.45, 7) is 14.9. The summed E-state index contributed by atoms with van der Waals surface area (Å²) in [5, 5.41) is 16.9. The maximum atomic E-state index is 12.8. The molecule has 43 heavy (non-hydrogen) atoms. The summed E-state index contributed by atoms with van der Waals surface area (Å²) < 4.78 is 17.6. The Morgan fingerprint density at radius 3 is 2.47 bits per heavy atom. The van der Waals surface area contributed by atoms with Crippen LogP contribution >= 0.6 is 10.3 Å². The van der Waals surface area contributed by atoms with Crippen LogP contribution < -0.4 is 10.1 Å². The Kier molecular flexibility index (Phi) is 10.2.